The van der Waals surface area contributed by atoms with E-state index in [0.29, 0.717) is 12.8 Å². The lowest BCUT2D eigenvalue weighted by atomic mass is 10.0. The van der Waals surface area contributed by atoms with Crippen LogP contribution in [0.3, 0.4) is 0 Å². The quantitative estimate of drug-likeness (QED) is 0.267. The minimum absolute atomic E-state index is 0.230. The number of carbonyl (C=O) groups is 2. The molecule has 0 heterocycles. The molecule has 0 aromatic rings. The largest absolute Gasteiger partial charge is 0.481 e. The Morgan fingerprint density at radius 3 is 1.33 bits per heavy atom. The van der Waals surface area contributed by atoms with Crippen LogP contribution in [0.2, 0.25) is 0 Å². The van der Waals surface area contributed by atoms with Crippen LogP contribution in [0.25, 0.3) is 0 Å². The third-order valence-electron chi connectivity index (χ3n) is 4.21. The van der Waals surface area contributed by atoms with Crippen molar-refractivity contribution < 1.29 is 14.7 Å². The zero-order valence-corrected chi connectivity index (χ0v) is 15.0. The Labute approximate surface area is 146 Å². The second-order valence-corrected chi connectivity index (χ2v) is 6.46. The number of unbranched alkanes of at least 4 members (excludes halogenated alkanes) is 13. The van der Waals surface area contributed by atoms with Gasteiger partial charge in [0.25, 0.3) is 5.91 Å². The molecule has 2 N–H and O–H groups in total. The first-order valence-corrected chi connectivity index (χ1v) is 9.54. The second kappa shape index (κ2) is 17.9. The van der Waals surface area contributed by atoms with E-state index in [0.717, 1.165) is 25.7 Å². The number of carboxylic acid groups (broad SMARTS) is 1. The van der Waals surface area contributed by atoms with Crippen LogP contribution in [0, 0.1) is 5.41 Å². The van der Waals surface area contributed by atoms with Gasteiger partial charge < -0.3 is 5.11 Å². The molecule has 0 unspecified atom stereocenters. The Hall–Kier alpha value is -1.48. The molecular formula is C19H34N2O3. The molecule has 0 saturated carbocycles. The summed E-state index contributed by atoms with van der Waals surface area (Å²) in [6.45, 7) is 0. The van der Waals surface area contributed by atoms with E-state index >= 15 is 0 Å². The molecule has 0 rings (SSSR count). The zero-order valence-electron chi connectivity index (χ0n) is 15.0. The normalized spacial score (nSPS) is 10.3. The Balaban J connectivity index is 3.09. The molecule has 0 aliphatic rings. The lowest BCUT2D eigenvalue weighted by Gasteiger charge is -2.03. The van der Waals surface area contributed by atoms with Crippen LogP contribution in [-0.2, 0) is 9.59 Å². The number of hydrogen-bond donors (Lipinski definition) is 2. The van der Waals surface area contributed by atoms with Gasteiger partial charge in [-0.25, -0.2) is 5.41 Å². The number of nitrogens with one attached hydrogen (secondary N) is 1. The molecule has 0 atom stereocenters. The summed E-state index contributed by atoms with van der Waals surface area (Å²) < 4.78 is 0. The van der Waals surface area contributed by atoms with Crippen LogP contribution < -0.4 is 0 Å². The molecule has 0 aliphatic carbocycles. The zero-order chi connectivity index (χ0) is 17.9. The lowest BCUT2D eigenvalue weighted by Crippen LogP contribution is -1.93. The van der Waals surface area contributed by atoms with E-state index in [1.54, 1.807) is 6.01 Å². The maximum atomic E-state index is 11.0. The molecule has 24 heavy (non-hydrogen) atoms. The summed E-state index contributed by atoms with van der Waals surface area (Å²) in [7, 11) is 0. The molecule has 0 aliphatic heterocycles. The fourth-order valence-corrected chi connectivity index (χ4v) is 2.79. The maximum absolute atomic E-state index is 11.0. The van der Waals surface area contributed by atoms with Gasteiger partial charge in [-0.1, -0.05) is 77.0 Å². The van der Waals surface area contributed by atoms with Crippen LogP contribution in [-0.4, -0.2) is 23.0 Å². The summed E-state index contributed by atoms with van der Waals surface area (Å²) in [5, 5.41) is 15.1. The van der Waals surface area contributed by atoms with Gasteiger partial charge in [-0.15, -0.1) is 0 Å². The summed E-state index contributed by atoms with van der Waals surface area (Å²) >= 11 is 0. The highest BCUT2D eigenvalue weighted by atomic mass is 16.4. The van der Waals surface area contributed by atoms with Gasteiger partial charge in [-0.05, 0) is 12.8 Å². The molecule has 1 amide bonds. The van der Waals surface area contributed by atoms with Gasteiger partial charge in [0.1, 0.15) is 0 Å². The monoisotopic (exact) mass is 338 g/mol. The van der Waals surface area contributed by atoms with Crippen molar-refractivity contribution in [3.63, 3.8) is 0 Å². The Kier molecular flexibility index (Phi) is 16.8. The molecule has 0 bridgehead atoms. The minimum Gasteiger partial charge on any atom is -0.481 e. The number of rotatable bonds is 17. The smallest absolute Gasteiger partial charge is 0.303 e. The van der Waals surface area contributed by atoms with Gasteiger partial charge in [-0.3, -0.25) is 9.59 Å². The Bertz CT molecular complexity index is 377. The molecule has 5 nitrogen and oxygen atoms in total. The van der Waals surface area contributed by atoms with Crippen LogP contribution in [0.4, 0.5) is 0 Å². The summed E-state index contributed by atoms with van der Waals surface area (Å²) in [6.07, 6.45) is 17.2. The number of amides is 1. The molecule has 0 fully saturated rings. The fraction of sp³-hybridized carbons (Fsp3) is 0.842. The first kappa shape index (κ1) is 22.5. The van der Waals surface area contributed by atoms with Crippen molar-refractivity contribution in [3.8, 4) is 0 Å². The van der Waals surface area contributed by atoms with Gasteiger partial charge in [0, 0.05) is 12.8 Å². The summed E-state index contributed by atoms with van der Waals surface area (Å²) in [4.78, 5) is 24.7. The number of carbonyl (C=O) groups excluding carboxylic acids is 1. The van der Waals surface area contributed by atoms with E-state index in [4.69, 9.17) is 10.5 Å². The lowest BCUT2D eigenvalue weighted by molar-refractivity contribution is -0.137. The van der Waals surface area contributed by atoms with Crippen LogP contribution in [0.15, 0.2) is 4.99 Å². The third kappa shape index (κ3) is 18.6. The SMILES string of the molecule is N=C=NC(=O)CCCCCCCCCCCCCCCCC(=O)O. The summed E-state index contributed by atoms with van der Waals surface area (Å²) in [6, 6.07) is 1.78. The average Bonchev–Trinajstić information content (AvgIpc) is 2.54. The van der Waals surface area contributed by atoms with Gasteiger partial charge in [-0.2, -0.15) is 4.99 Å². The number of aliphatic carboxylic acids is 1. The topological polar surface area (TPSA) is 90.6 Å². The third-order valence-corrected chi connectivity index (χ3v) is 4.21. The molecule has 0 radical (unpaired) electrons. The number of hydrogen-bond acceptors (Lipinski definition) is 3. The molecule has 0 aromatic carbocycles. The standard InChI is InChI=1S/C19H34N2O3/c20-17-21-18(22)15-13-11-9-7-5-3-1-2-4-6-8-10-12-14-16-19(23)24/h20H,1-16H2,(H,23,24). The van der Waals surface area contributed by atoms with E-state index in [1.165, 1.54) is 64.2 Å². The fourth-order valence-electron chi connectivity index (χ4n) is 2.79. The van der Waals surface area contributed by atoms with E-state index in [9.17, 15) is 9.59 Å². The van der Waals surface area contributed by atoms with E-state index < -0.39 is 5.97 Å². The van der Waals surface area contributed by atoms with Crippen LogP contribution >= 0.6 is 0 Å². The van der Waals surface area contributed by atoms with Crippen molar-refractivity contribution in [2.75, 3.05) is 0 Å². The molecule has 5 heteroatoms. The van der Waals surface area contributed by atoms with Gasteiger partial charge in [0.05, 0.1) is 6.01 Å². The predicted octanol–water partition coefficient (Wildman–Crippen LogP) is 5.59. The molecule has 0 saturated heterocycles. The maximum Gasteiger partial charge on any atom is 0.303 e. The molecule has 0 spiro atoms. The Morgan fingerprint density at radius 2 is 1.00 bits per heavy atom. The van der Waals surface area contributed by atoms with Crippen molar-refractivity contribution in [1.82, 2.24) is 0 Å². The second-order valence-electron chi connectivity index (χ2n) is 6.46. The van der Waals surface area contributed by atoms with Crippen LogP contribution in [0.5, 0.6) is 0 Å². The van der Waals surface area contributed by atoms with Crippen LogP contribution in [0.1, 0.15) is 103 Å². The number of carboxylic acids is 1. The molecular weight excluding hydrogens is 304 g/mol. The van der Waals surface area contributed by atoms with Crippen molar-refractivity contribution in [2.24, 2.45) is 4.99 Å². The van der Waals surface area contributed by atoms with Crippen molar-refractivity contribution in [3.05, 3.63) is 0 Å². The van der Waals surface area contributed by atoms with Crippen molar-refractivity contribution in [2.45, 2.75) is 103 Å². The average molecular weight is 338 g/mol. The highest BCUT2D eigenvalue weighted by Crippen LogP contribution is 2.13. The predicted molar refractivity (Wildman–Crippen MR) is 96.7 cm³/mol. The Morgan fingerprint density at radius 1 is 0.667 bits per heavy atom. The highest BCUT2D eigenvalue weighted by Gasteiger charge is 1.99. The number of aliphatic imine (C=N–C) groups is 1. The van der Waals surface area contributed by atoms with E-state index in [1.807, 2.05) is 0 Å². The molecule has 0 aromatic heterocycles. The van der Waals surface area contributed by atoms with Gasteiger partial charge in [0.2, 0.25) is 0 Å². The first-order valence-electron chi connectivity index (χ1n) is 9.54. The first-order chi connectivity index (χ1) is 11.7. The van der Waals surface area contributed by atoms with Crippen molar-refractivity contribution >= 4 is 17.9 Å². The van der Waals surface area contributed by atoms with Gasteiger partial charge in [0.15, 0.2) is 0 Å². The molecule has 138 valence electrons. The summed E-state index contributed by atoms with van der Waals surface area (Å²) in [5.74, 6) is -0.910. The minimum atomic E-state index is -0.680. The highest BCUT2D eigenvalue weighted by molar-refractivity contribution is 5.81. The van der Waals surface area contributed by atoms with E-state index in [-0.39, 0.29) is 5.91 Å². The summed E-state index contributed by atoms with van der Waals surface area (Å²) in [5.41, 5.74) is 0. The van der Waals surface area contributed by atoms with Crippen molar-refractivity contribution in [1.29, 1.82) is 5.41 Å². The number of nitrogens with zero attached hydrogens (tertiary/aromatic N) is 1. The van der Waals surface area contributed by atoms with Gasteiger partial charge >= 0.3 is 5.97 Å². The van der Waals surface area contributed by atoms with E-state index in [2.05, 4.69) is 4.99 Å².